The third-order valence-electron chi connectivity index (χ3n) is 3.55. The van der Waals surface area contributed by atoms with E-state index in [2.05, 4.69) is 19.7 Å². The third kappa shape index (κ3) is 4.13. The Morgan fingerprint density at radius 1 is 1.15 bits per heavy atom. The SMILES string of the molecule is COc1cnc(CS(=O)c2nc3cc(OC(F)F)c(F)cc3[nH]2)cc1OC. The van der Waals surface area contributed by atoms with Gasteiger partial charge in [0.15, 0.2) is 28.2 Å². The first kappa shape index (κ1) is 19.0. The highest BCUT2D eigenvalue weighted by molar-refractivity contribution is 7.84. The van der Waals surface area contributed by atoms with Gasteiger partial charge in [-0.1, -0.05) is 0 Å². The summed E-state index contributed by atoms with van der Waals surface area (Å²) < 4.78 is 65.3. The quantitative estimate of drug-likeness (QED) is 0.655. The first-order valence-corrected chi connectivity index (χ1v) is 8.82. The van der Waals surface area contributed by atoms with Crippen molar-refractivity contribution in [2.45, 2.75) is 17.5 Å². The largest absolute Gasteiger partial charge is 0.493 e. The van der Waals surface area contributed by atoms with E-state index in [4.69, 9.17) is 9.47 Å². The lowest BCUT2D eigenvalue weighted by atomic mass is 10.3. The van der Waals surface area contributed by atoms with Crippen molar-refractivity contribution >= 4 is 21.8 Å². The number of imidazole rings is 1. The maximum absolute atomic E-state index is 13.8. The number of hydrogen-bond acceptors (Lipinski definition) is 6. The normalized spacial score (nSPS) is 12.4. The fraction of sp³-hybridized carbons (Fsp3) is 0.250. The number of pyridine rings is 1. The van der Waals surface area contributed by atoms with Gasteiger partial charge < -0.3 is 19.2 Å². The van der Waals surface area contributed by atoms with E-state index < -0.39 is 29.0 Å². The average Bonchev–Trinajstić information content (AvgIpc) is 3.04. The van der Waals surface area contributed by atoms with Crippen molar-refractivity contribution in [1.29, 1.82) is 0 Å². The Morgan fingerprint density at radius 3 is 2.56 bits per heavy atom. The predicted octanol–water partition coefficient (Wildman–Crippen LogP) is 3.02. The number of nitrogens with zero attached hydrogens (tertiary/aromatic N) is 2. The number of hydrogen-bond donors (Lipinski definition) is 1. The van der Waals surface area contributed by atoms with Crippen LogP contribution < -0.4 is 14.2 Å². The number of H-pyrrole nitrogens is 1. The minimum Gasteiger partial charge on any atom is -0.493 e. The van der Waals surface area contributed by atoms with E-state index in [9.17, 15) is 17.4 Å². The van der Waals surface area contributed by atoms with E-state index in [1.165, 1.54) is 20.4 Å². The van der Waals surface area contributed by atoms with Crippen LogP contribution in [0.1, 0.15) is 5.69 Å². The second kappa shape index (κ2) is 7.82. The number of fused-ring (bicyclic) bond motifs is 1. The Bertz CT molecular complexity index is 996. The van der Waals surface area contributed by atoms with Crippen molar-refractivity contribution in [1.82, 2.24) is 15.0 Å². The summed E-state index contributed by atoms with van der Waals surface area (Å²) in [5.41, 5.74) is 0.813. The third-order valence-corrected chi connectivity index (χ3v) is 4.74. The molecule has 0 aliphatic rings. The molecule has 0 fully saturated rings. The lowest BCUT2D eigenvalue weighted by Gasteiger charge is -2.08. The van der Waals surface area contributed by atoms with Crippen LogP contribution in [0.5, 0.6) is 17.2 Å². The fourth-order valence-corrected chi connectivity index (χ4v) is 3.33. The molecule has 11 heteroatoms. The van der Waals surface area contributed by atoms with Gasteiger partial charge in [-0.25, -0.2) is 9.37 Å². The van der Waals surface area contributed by atoms with Crippen LogP contribution in [0.2, 0.25) is 0 Å². The van der Waals surface area contributed by atoms with Gasteiger partial charge >= 0.3 is 6.61 Å². The van der Waals surface area contributed by atoms with E-state index in [1.54, 1.807) is 6.07 Å². The number of aromatic nitrogens is 3. The van der Waals surface area contributed by atoms with Gasteiger partial charge in [0, 0.05) is 18.2 Å². The molecule has 3 aromatic rings. The molecule has 0 saturated heterocycles. The molecule has 1 N–H and O–H groups in total. The van der Waals surface area contributed by atoms with Crippen LogP contribution in [-0.2, 0) is 16.6 Å². The standard InChI is InChI=1S/C16H14F3N3O4S/c1-24-13-3-8(20-6-14(13)25-2)7-27(23)16-21-10-4-9(17)12(26-15(18)19)5-11(10)22-16/h3-6,15H,7H2,1-2H3,(H,21,22). The van der Waals surface area contributed by atoms with Gasteiger partial charge in [0.25, 0.3) is 0 Å². The molecular weight excluding hydrogens is 387 g/mol. The Balaban J connectivity index is 1.85. The molecule has 0 bridgehead atoms. The highest BCUT2D eigenvalue weighted by atomic mass is 32.2. The van der Waals surface area contributed by atoms with Gasteiger partial charge in [-0.15, -0.1) is 0 Å². The topological polar surface area (TPSA) is 86.3 Å². The van der Waals surface area contributed by atoms with Crippen molar-refractivity contribution in [3.8, 4) is 17.2 Å². The highest BCUT2D eigenvalue weighted by Crippen LogP contribution is 2.28. The molecule has 2 aromatic heterocycles. The number of methoxy groups -OCH3 is 2. The molecule has 7 nitrogen and oxygen atoms in total. The first-order chi connectivity index (χ1) is 12.9. The molecule has 0 aliphatic heterocycles. The van der Waals surface area contributed by atoms with Crippen molar-refractivity contribution in [3.63, 3.8) is 0 Å². The number of benzene rings is 1. The molecule has 2 heterocycles. The Labute approximate surface area is 153 Å². The molecule has 0 amide bonds. The van der Waals surface area contributed by atoms with Crippen molar-refractivity contribution < 1.29 is 31.6 Å². The zero-order chi connectivity index (χ0) is 19.6. The maximum atomic E-state index is 13.8. The van der Waals surface area contributed by atoms with E-state index in [1.807, 2.05) is 0 Å². The van der Waals surface area contributed by atoms with Crippen LogP contribution in [0, 0.1) is 5.82 Å². The molecule has 27 heavy (non-hydrogen) atoms. The fourth-order valence-electron chi connectivity index (χ4n) is 2.34. The van der Waals surface area contributed by atoms with Crippen LogP contribution in [0.4, 0.5) is 13.2 Å². The minimum atomic E-state index is -3.17. The number of aromatic amines is 1. The Kier molecular flexibility index (Phi) is 5.49. The number of ether oxygens (including phenoxy) is 3. The van der Waals surface area contributed by atoms with E-state index in [0.29, 0.717) is 17.2 Å². The van der Waals surface area contributed by atoms with E-state index >= 15 is 0 Å². The van der Waals surface area contributed by atoms with E-state index in [0.717, 1.165) is 12.1 Å². The summed E-state index contributed by atoms with van der Waals surface area (Å²) in [4.78, 5) is 10.9. The average molecular weight is 401 g/mol. The van der Waals surface area contributed by atoms with Crippen LogP contribution in [-0.4, -0.2) is 40.0 Å². The van der Waals surface area contributed by atoms with Crippen LogP contribution >= 0.6 is 0 Å². The minimum absolute atomic E-state index is 0.00303. The van der Waals surface area contributed by atoms with Gasteiger partial charge in [0.2, 0.25) is 0 Å². The van der Waals surface area contributed by atoms with Crippen molar-refractivity contribution in [3.05, 3.63) is 35.9 Å². The number of alkyl halides is 2. The van der Waals surface area contributed by atoms with Gasteiger partial charge in [-0.2, -0.15) is 8.78 Å². The molecular formula is C16H14F3N3O4S. The van der Waals surface area contributed by atoms with Gasteiger partial charge in [-0.05, 0) is 0 Å². The molecule has 3 rings (SSSR count). The summed E-state index contributed by atoms with van der Waals surface area (Å²) in [5, 5.41) is 0.0511. The monoisotopic (exact) mass is 401 g/mol. The summed E-state index contributed by atoms with van der Waals surface area (Å²) in [5.74, 6) is -0.755. The maximum Gasteiger partial charge on any atom is 0.387 e. The molecule has 0 spiro atoms. The smallest absolute Gasteiger partial charge is 0.387 e. The Morgan fingerprint density at radius 2 is 1.89 bits per heavy atom. The van der Waals surface area contributed by atoms with Crippen LogP contribution in [0.3, 0.4) is 0 Å². The zero-order valence-corrected chi connectivity index (χ0v) is 15.0. The number of halogens is 3. The van der Waals surface area contributed by atoms with Gasteiger partial charge in [0.1, 0.15) is 0 Å². The zero-order valence-electron chi connectivity index (χ0n) is 14.2. The molecule has 0 saturated carbocycles. The second-order valence-electron chi connectivity index (χ2n) is 5.24. The molecule has 0 aliphatic carbocycles. The molecule has 1 unspecified atom stereocenters. The van der Waals surface area contributed by atoms with Crippen molar-refractivity contribution in [2.24, 2.45) is 0 Å². The molecule has 0 radical (unpaired) electrons. The summed E-state index contributed by atoms with van der Waals surface area (Å²) >= 11 is 0. The molecule has 144 valence electrons. The summed E-state index contributed by atoms with van der Waals surface area (Å²) in [7, 11) is 1.29. The Hall–Kier alpha value is -2.82. The van der Waals surface area contributed by atoms with Crippen LogP contribution in [0.25, 0.3) is 11.0 Å². The predicted molar refractivity (Wildman–Crippen MR) is 90.1 cm³/mol. The van der Waals surface area contributed by atoms with Gasteiger partial charge in [0.05, 0.1) is 53.7 Å². The number of nitrogens with one attached hydrogen (secondary N) is 1. The van der Waals surface area contributed by atoms with Gasteiger partial charge in [-0.3, -0.25) is 9.19 Å². The summed E-state index contributed by atoms with van der Waals surface area (Å²) in [6.07, 6.45) is 1.44. The molecule has 1 atom stereocenters. The summed E-state index contributed by atoms with van der Waals surface area (Å²) in [6, 6.07) is 3.55. The van der Waals surface area contributed by atoms with Crippen LogP contribution in [0.15, 0.2) is 29.6 Å². The summed E-state index contributed by atoms with van der Waals surface area (Å²) in [6.45, 7) is -3.17. The lowest BCUT2D eigenvalue weighted by molar-refractivity contribution is -0.0520. The second-order valence-corrected chi connectivity index (χ2v) is 6.61. The molecule has 1 aromatic carbocycles. The highest BCUT2D eigenvalue weighted by Gasteiger charge is 2.17. The lowest BCUT2D eigenvalue weighted by Crippen LogP contribution is -2.03. The first-order valence-electron chi connectivity index (χ1n) is 7.50. The number of rotatable bonds is 7. The van der Waals surface area contributed by atoms with E-state index in [-0.39, 0.29) is 21.9 Å². The van der Waals surface area contributed by atoms with Crippen molar-refractivity contribution in [2.75, 3.05) is 14.2 Å².